The van der Waals surface area contributed by atoms with Gasteiger partial charge in [0.1, 0.15) is 29.0 Å². The van der Waals surface area contributed by atoms with Crippen LogP contribution in [0.25, 0.3) is 17.2 Å². The molecule has 0 saturated heterocycles. The van der Waals surface area contributed by atoms with Crippen LogP contribution in [0, 0.1) is 5.92 Å². The van der Waals surface area contributed by atoms with Crippen LogP contribution in [-0.2, 0) is 36.8 Å². The lowest BCUT2D eigenvalue weighted by molar-refractivity contribution is -0.132. The van der Waals surface area contributed by atoms with Crippen LogP contribution in [0.15, 0.2) is 53.5 Å². The average Bonchev–Trinajstić information content (AvgIpc) is 3.81. The van der Waals surface area contributed by atoms with Crippen molar-refractivity contribution in [1.29, 1.82) is 0 Å². The molecule has 5 aliphatic rings. The molecule has 0 amide bonds. The van der Waals surface area contributed by atoms with E-state index in [0.29, 0.717) is 100 Å². The summed E-state index contributed by atoms with van der Waals surface area (Å²) in [6.45, 7) is 8.08. The monoisotopic (exact) mass is 947 g/mol. The van der Waals surface area contributed by atoms with Crippen LogP contribution in [0.3, 0.4) is 0 Å². The molecular weight excluding hydrogens is 873 g/mol. The summed E-state index contributed by atoms with van der Waals surface area (Å²) in [5.74, 6) is 2.36. The number of hydrogen-bond acceptors (Lipinski definition) is 13. The summed E-state index contributed by atoms with van der Waals surface area (Å²) < 4.78 is 27.7. The number of hydrogen-bond donors (Lipinski definition) is 8. The molecule has 2 aliphatic carbocycles. The van der Waals surface area contributed by atoms with Gasteiger partial charge in [-0.15, -0.1) is 0 Å². The molecule has 3 aliphatic heterocycles. The average molecular weight is 947 g/mol. The van der Waals surface area contributed by atoms with E-state index in [-0.39, 0.29) is 37.4 Å². The minimum atomic E-state index is -1.04. The normalized spacial score (nSPS) is 22.5. The predicted molar refractivity (Wildman–Crippen MR) is 267 cm³/mol. The van der Waals surface area contributed by atoms with E-state index in [0.717, 1.165) is 74.5 Å². The lowest BCUT2D eigenvalue weighted by Gasteiger charge is -2.48. The minimum Gasteiger partial charge on any atom is -0.508 e. The molecule has 4 aromatic carbocycles. The molecule has 69 heavy (non-hydrogen) atoms. The number of rotatable bonds is 20. The van der Waals surface area contributed by atoms with Crippen LogP contribution in [0.5, 0.6) is 28.7 Å². The Morgan fingerprint density at radius 3 is 2.57 bits per heavy atom. The molecule has 3 heterocycles. The highest BCUT2D eigenvalue weighted by molar-refractivity contribution is 5.85. The zero-order chi connectivity index (χ0) is 48.3. The number of aliphatic hydroxyl groups excluding tert-OH is 2. The molecule has 13 heteroatoms. The van der Waals surface area contributed by atoms with Gasteiger partial charge in [0.25, 0.3) is 0 Å². The zero-order valence-corrected chi connectivity index (χ0v) is 41.0. The summed E-state index contributed by atoms with van der Waals surface area (Å²) >= 11 is 0. The van der Waals surface area contributed by atoms with Gasteiger partial charge in [-0.05, 0) is 152 Å². The van der Waals surface area contributed by atoms with Gasteiger partial charge in [0.05, 0.1) is 38.0 Å². The van der Waals surface area contributed by atoms with Gasteiger partial charge in [0.15, 0.2) is 17.6 Å². The first-order chi connectivity index (χ1) is 33.4. The molecule has 1 saturated carbocycles. The molecule has 0 radical (unpaired) electrons. The second-order valence-electron chi connectivity index (χ2n) is 21.0. The molecule has 372 valence electrons. The molecular formula is C56H74N4O9. The topological polar surface area (TPSA) is 187 Å². The van der Waals surface area contributed by atoms with E-state index in [1.807, 2.05) is 31.2 Å². The van der Waals surface area contributed by atoms with Gasteiger partial charge in [0, 0.05) is 55.5 Å². The first-order valence-corrected chi connectivity index (χ1v) is 25.5. The SMILES string of the molecule is COc1cc([C@H]2Oc3c(c4c(c5c3CC[C@H](CO)O5)-c3ccc(O)cc3[C@@H](Cc3ccc5c(c3)=CCN=5)C4)C[C@@]2(CNCNC[C@@](C)(O)CC(C)C)OCNC2CCCCC2)cc(CCCO)c1O. The number of nitrogens with one attached hydrogen (secondary N) is 3. The molecule has 8 N–H and O–H groups in total. The number of benzene rings is 4. The lowest BCUT2D eigenvalue weighted by Crippen LogP contribution is -2.56. The summed E-state index contributed by atoms with van der Waals surface area (Å²) in [7, 11) is 1.55. The van der Waals surface area contributed by atoms with Crippen LogP contribution in [0.2, 0.25) is 0 Å². The molecule has 4 aromatic rings. The molecule has 0 spiro atoms. The van der Waals surface area contributed by atoms with Crippen molar-refractivity contribution in [1.82, 2.24) is 16.0 Å². The fourth-order valence-electron chi connectivity index (χ4n) is 12.0. The van der Waals surface area contributed by atoms with Gasteiger partial charge < -0.3 is 55.1 Å². The number of phenols is 2. The molecule has 1 fully saturated rings. The zero-order valence-electron chi connectivity index (χ0n) is 41.0. The Kier molecular flexibility index (Phi) is 15.2. The molecule has 0 aromatic heterocycles. The number of fused-ring (bicyclic) bond motifs is 9. The maximum absolute atomic E-state index is 11.5. The third-order valence-corrected chi connectivity index (χ3v) is 15.1. The van der Waals surface area contributed by atoms with E-state index in [9.17, 15) is 25.5 Å². The highest BCUT2D eigenvalue weighted by atomic mass is 16.6. The van der Waals surface area contributed by atoms with E-state index < -0.39 is 23.4 Å². The Morgan fingerprint density at radius 1 is 0.942 bits per heavy atom. The van der Waals surface area contributed by atoms with Crippen molar-refractivity contribution in [2.45, 2.75) is 140 Å². The van der Waals surface area contributed by atoms with Crippen LogP contribution in [0.1, 0.15) is 123 Å². The Hall–Kier alpha value is -4.73. The molecule has 13 nitrogen and oxygen atoms in total. The maximum atomic E-state index is 11.5. The number of ether oxygens (including phenoxy) is 4. The predicted octanol–water partition coefficient (Wildman–Crippen LogP) is 5.93. The van der Waals surface area contributed by atoms with Crippen molar-refractivity contribution in [2.24, 2.45) is 10.9 Å². The van der Waals surface area contributed by atoms with E-state index in [2.05, 4.69) is 59.1 Å². The second kappa shape index (κ2) is 21.3. The van der Waals surface area contributed by atoms with Crippen molar-refractivity contribution < 1.29 is 44.5 Å². The third-order valence-electron chi connectivity index (χ3n) is 15.1. The lowest BCUT2D eigenvalue weighted by atomic mass is 9.70. The van der Waals surface area contributed by atoms with Crippen LogP contribution in [-0.4, -0.2) is 102 Å². The molecule has 9 rings (SSSR count). The van der Waals surface area contributed by atoms with Crippen molar-refractivity contribution in [3.05, 3.63) is 98.1 Å². The smallest absolute Gasteiger partial charge is 0.161 e. The standard InChI is InChI=1S/C56H74N4O9/c1-34(2)27-55(3,65)30-57-32-58-31-56(67-33-60-40-10-6-5-7-11-40)28-47-46-24-38(22-35-12-17-48-36(21-35)18-19-59-48)45-26-41(63)13-15-43(45)50(46)53-44(16-14-42(29-62)68-53)52(47)69-54(56)39-23-37(9-8-20-61)51(64)49(25-39)66-4/h12-13,15,17-18,21,23,25-26,34,38,40,42,54,57-58,60-65H,5-11,14,16,19-20,22,24,27-33H2,1-4H3/t38-,42+,54+,55-,56-/m0/s1. The number of phenolic OH excluding ortho intramolecular Hbond substituents is 2. The second-order valence-corrected chi connectivity index (χ2v) is 21.0. The number of nitrogens with zero attached hydrogens (tertiary/aromatic N) is 1. The number of aryl methyl sites for hydroxylation is 1. The van der Waals surface area contributed by atoms with Crippen molar-refractivity contribution in [2.75, 3.05) is 53.4 Å². The van der Waals surface area contributed by atoms with Gasteiger partial charge in [-0.25, -0.2) is 0 Å². The van der Waals surface area contributed by atoms with E-state index in [1.165, 1.54) is 24.8 Å². The summed E-state index contributed by atoms with van der Waals surface area (Å²) in [5.41, 5.74) is 6.81. The van der Waals surface area contributed by atoms with Gasteiger partial charge in [0.2, 0.25) is 0 Å². The first-order valence-electron chi connectivity index (χ1n) is 25.5. The highest BCUT2D eigenvalue weighted by Gasteiger charge is 2.50. The summed E-state index contributed by atoms with van der Waals surface area (Å²) in [6.07, 6.45) is 11.4. The largest absolute Gasteiger partial charge is 0.508 e. The minimum absolute atomic E-state index is 0.00669. The van der Waals surface area contributed by atoms with Gasteiger partial charge in [-0.2, -0.15) is 0 Å². The summed E-state index contributed by atoms with van der Waals surface area (Å²) in [4.78, 5) is 4.64. The van der Waals surface area contributed by atoms with Crippen molar-refractivity contribution >= 4 is 6.08 Å². The van der Waals surface area contributed by atoms with Crippen LogP contribution in [0.4, 0.5) is 0 Å². The van der Waals surface area contributed by atoms with Crippen LogP contribution >= 0.6 is 0 Å². The van der Waals surface area contributed by atoms with E-state index in [4.69, 9.17) is 18.9 Å². The van der Waals surface area contributed by atoms with Crippen molar-refractivity contribution in [3.8, 4) is 39.9 Å². The Morgan fingerprint density at radius 2 is 1.78 bits per heavy atom. The Bertz CT molecular complexity index is 2590. The van der Waals surface area contributed by atoms with Gasteiger partial charge in [-0.3, -0.25) is 10.3 Å². The highest BCUT2D eigenvalue weighted by Crippen LogP contribution is 2.58. The molecule has 0 bridgehead atoms. The maximum Gasteiger partial charge on any atom is 0.161 e. The quantitative estimate of drug-likeness (QED) is 0.0387. The number of methoxy groups -OCH3 is 1. The Labute approximate surface area is 407 Å². The van der Waals surface area contributed by atoms with E-state index in [1.54, 1.807) is 13.2 Å². The summed E-state index contributed by atoms with van der Waals surface area (Å²) in [6, 6.07) is 16.4. The van der Waals surface area contributed by atoms with Crippen LogP contribution < -0.4 is 40.7 Å². The molecule has 5 atom stereocenters. The number of aliphatic hydroxyl groups is 3. The fourth-order valence-corrected chi connectivity index (χ4v) is 12.0. The first kappa shape index (κ1) is 49.3. The van der Waals surface area contributed by atoms with E-state index >= 15 is 0 Å². The van der Waals surface area contributed by atoms with Crippen molar-refractivity contribution in [3.63, 3.8) is 0 Å². The van der Waals surface area contributed by atoms with Gasteiger partial charge in [-0.1, -0.05) is 51.3 Å². The Balaban J connectivity index is 1.20. The summed E-state index contributed by atoms with van der Waals surface area (Å²) in [5, 5.41) is 67.4. The van der Waals surface area contributed by atoms with Gasteiger partial charge >= 0.3 is 0 Å². The number of aromatic hydroxyl groups is 2. The third kappa shape index (κ3) is 10.7. The fraction of sp³-hybridized carbons (Fsp3) is 0.554. The molecule has 0 unspecified atom stereocenters.